The minimum absolute atomic E-state index is 0.00842. The first-order chi connectivity index (χ1) is 18.8. The number of rotatable bonds is 11. The molecule has 0 heterocycles. The zero-order valence-corrected chi connectivity index (χ0v) is 23.2. The van der Waals surface area contributed by atoms with Crippen molar-refractivity contribution >= 4 is 27.5 Å². The van der Waals surface area contributed by atoms with Crippen molar-refractivity contribution in [1.29, 1.82) is 0 Å². The number of nitrogens with zero attached hydrogens (tertiary/aromatic N) is 2. The van der Waals surface area contributed by atoms with Crippen molar-refractivity contribution in [2.75, 3.05) is 10.8 Å². The van der Waals surface area contributed by atoms with E-state index in [0.29, 0.717) is 15.9 Å². The summed E-state index contributed by atoms with van der Waals surface area (Å²) in [5, 5.41) is 2.79. The first-order valence-corrected chi connectivity index (χ1v) is 14.2. The molecule has 2 amide bonds. The van der Waals surface area contributed by atoms with E-state index in [-0.39, 0.29) is 29.6 Å². The molecular weight excluding hydrogens is 543 g/mol. The number of sulfonamides is 1. The molecule has 3 aromatic carbocycles. The Bertz CT molecular complexity index is 1400. The lowest BCUT2D eigenvalue weighted by Crippen LogP contribution is -2.53. The summed E-state index contributed by atoms with van der Waals surface area (Å²) >= 11 is 0. The third-order valence-corrected chi connectivity index (χ3v) is 7.87. The SMILES string of the molecule is CC[C@H](C(=O)NC(C)C)N(Cc1ccccc1)C(=O)CN(c1cccc(C(F)(F)F)c1)S(=O)(=O)c1ccccc1. The van der Waals surface area contributed by atoms with E-state index in [0.717, 1.165) is 12.1 Å². The van der Waals surface area contributed by atoms with E-state index < -0.39 is 46.2 Å². The highest BCUT2D eigenvalue weighted by atomic mass is 32.2. The van der Waals surface area contributed by atoms with Gasteiger partial charge in [0.2, 0.25) is 11.8 Å². The largest absolute Gasteiger partial charge is 0.416 e. The Morgan fingerprint density at radius 1 is 0.900 bits per heavy atom. The lowest BCUT2D eigenvalue weighted by atomic mass is 10.1. The fourth-order valence-electron chi connectivity index (χ4n) is 4.17. The third kappa shape index (κ3) is 7.62. The predicted octanol–water partition coefficient (Wildman–Crippen LogP) is 5.23. The van der Waals surface area contributed by atoms with Crippen LogP contribution >= 0.6 is 0 Å². The molecule has 214 valence electrons. The molecule has 0 bridgehead atoms. The summed E-state index contributed by atoms with van der Waals surface area (Å²) in [6.07, 6.45) is -4.50. The number of hydrogen-bond donors (Lipinski definition) is 1. The number of amides is 2. The number of halogens is 3. The van der Waals surface area contributed by atoms with Gasteiger partial charge in [-0.05, 0) is 56.2 Å². The molecule has 1 N–H and O–H groups in total. The maximum Gasteiger partial charge on any atom is 0.416 e. The van der Waals surface area contributed by atoms with E-state index in [1.165, 1.54) is 35.2 Å². The van der Waals surface area contributed by atoms with Gasteiger partial charge in [0.05, 0.1) is 16.1 Å². The molecular formula is C29H32F3N3O4S. The third-order valence-electron chi connectivity index (χ3n) is 6.08. The average molecular weight is 576 g/mol. The van der Waals surface area contributed by atoms with E-state index >= 15 is 0 Å². The van der Waals surface area contributed by atoms with Gasteiger partial charge >= 0.3 is 6.18 Å². The fourth-order valence-corrected chi connectivity index (χ4v) is 5.59. The van der Waals surface area contributed by atoms with Gasteiger partial charge in [-0.1, -0.05) is 61.5 Å². The van der Waals surface area contributed by atoms with Crippen molar-refractivity contribution in [2.24, 2.45) is 0 Å². The maximum atomic E-state index is 13.9. The Kier molecular flexibility index (Phi) is 9.97. The minimum Gasteiger partial charge on any atom is -0.352 e. The van der Waals surface area contributed by atoms with Gasteiger partial charge in [-0.2, -0.15) is 13.2 Å². The summed E-state index contributed by atoms with van der Waals surface area (Å²) in [5.41, 5.74) is -0.691. The predicted molar refractivity (Wildman–Crippen MR) is 147 cm³/mol. The smallest absolute Gasteiger partial charge is 0.352 e. The molecule has 0 spiro atoms. The number of anilines is 1. The molecule has 0 aliphatic heterocycles. The van der Waals surface area contributed by atoms with Gasteiger partial charge < -0.3 is 10.2 Å². The molecule has 3 rings (SSSR count). The minimum atomic E-state index is -4.73. The van der Waals surface area contributed by atoms with Gasteiger partial charge in [0, 0.05) is 12.6 Å². The van der Waals surface area contributed by atoms with Crippen molar-refractivity contribution in [1.82, 2.24) is 10.2 Å². The Morgan fingerprint density at radius 3 is 2.05 bits per heavy atom. The number of alkyl halides is 3. The number of carbonyl (C=O) groups excluding carboxylic acids is 2. The standard InChI is InChI=1S/C29H32F3N3O4S/c1-4-26(28(37)33-21(2)3)34(19-22-12-7-5-8-13-22)27(36)20-35(40(38,39)25-16-9-6-10-17-25)24-15-11-14-23(18-24)29(30,31)32/h5-18,21,26H,4,19-20H2,1-3H3,(H,33,37)/t26-/m1/s1. The zero-order chi connectivity index (χ0) is 29.5. The normalized spacial score (nSPS) is 12.6. The van der Waals surface area contributed by atoms with Crippen LogP contribution in [0.5, 0.6) is 0 Å². The Balaban J connectivity index is 2.10. The van der Waals surface area contributed by atoms with E-state index in [9.17, 15) is 31.2 Å². The molecule has 7 nitrogen and oxygen atoms in total. The summed E-state index contributed by atoms with van der Waals surface area (Å²) in [5.74, 6) is -1.16. The average Bonchev–Trinajstić information content (AvgIpc) is 2.91. The maximum absolute atomic E-state index is 13.9. The summed E-state index contributed by atoms with van der Waals surface area (Å²) in [4.78, 5) is 28.1. The van der Waals surface area contributed by atoms with Gasteiger partial charge in [0.15, 0.2) is 0 Å². The highest BCUT2D eigenvalue weighted by Gasteiger charge is 2.36. The van der Waals surface area contributed by atoms with Crippen LogP contribution in [0.3, 0.4) is 0 Å². The molecule has 0 fully saturated rings. The van der Waals surface area contributed by atoms with E-state index in [1.807, 2.05) is 0 Å². The van der Waals surface area contributed by atoms with Gasteiger partial charge in [0.1, 0.15) is 12.6 Å². The van der Waals surface area contributed by atoms with Crippen LogP contribution in [0, 0.1) is 0 Å². The second-order valence-corrected chi connectivity index (χ2v) is 11.3. The highest BCUT2D eigenvalue weighted by molar-refractivity contribution is 7.92. The van der Waals surface area contributed by atoms with Crippen LogP contribution < -0.4 is 9.62 Å². The molecule has 3 aromatic rings. The molecule has 0 aromatic heterocycles. The monoisotopic (exact) mass is 575 g/mol. The highest BCUT2D eigenvalue weighted by Crippen LogP contribution is 2.33. The second-order valence-electron chi connectivity index (χ2n) is 9.47. The lowest BCUT2D eigenvalue weighted by Gasteiger charge is -2.33. The molecule has 0 unspecified atom stereocenters. The zero-order valence-electron chi connectivity index (χ0n) is 22.4. The molecule has 0 saturated heterocycles. The Morgan fingerprint density at radius 2 is 1.50 bits per heavy atom. The molecule has 40 heavy (non-hydrogen) atoms. The first-order valence-electron chi connectivity index (χ1n) is 12.7. The second kappa shape index (κ2) is 13.0. The number of benzene rings is 3. The van der Waals surface area contributed by atoms with E-state index in [4.69, 9.17) is 0 Å². The molecule has 11 heteroatoms. The van der Waals surface area contributed by atoms with Crippen molar-refractivity contribution in [2.45, 2.75) is 56.9 Å². The molecule has 0 radical (unpaired) electrons. The van der Waals surface area contributed by atoms with Crippen molar-refractivity contribution in [3.05, 3.63) is 96.1 Å². The quantitative estimate of drug-likeness (QED) is 0.339. The van der Waals surface area contributed by atoms with Crippen LogP contribution in [0.25, 0.3) is 0 Å². The first kappa shape index (κ1) is 30.7. The van der Waals surface area contributed by atoms with Crippen LogP contribution in [0.1, 0.15) is 38.3 Å². The molecule has 0 aliphatic carbocycles. The van der Waals surface area contributed by atoms with Crippen LogP contribution in [-0.2, 0) is 32.3 Å². The fraction of sp³-hybridized carbons (Fsp3) is 0.310. The van der Waals surface area contributed by atoms with Crippen molar-refractivity contribution in [3.8, 4) is 0 Å². The Labute approximate surface area is 232 Å². The molecule has 1 atom stereocenters. The summed E-state index contributed by atoms with van der Waals surface area (Å²) in [6.45, 7) is 4.44. The van der Waals surface area contributed by atoms with Gasteiger partial charge in [-0.15, -0.1) is 0 Å². The van der Waals surface area contributed by atoms with Crippen LogP contribution in [0.4, 0.5) is 18.9 Å². The van der Waals surface area contributed by atoms with E-state index in [1.54, 1.807) is 57.2 Å². The Hall–Kier alpha value is -3.86. The van der Waals surface area contributed by atoms with Gasteiger partial charge in [-0.3, -0.25) is 13.9 Å². The van der Waals surface area contributed by atoms with Gasteiger partial charge in [0.25, 0.3) is 10.0 Å². The number of nitrogens with one attached hydrogen (secondary N) is 1. The van der Waals surface area contributed by atoms with Crippen LogP contribution in [0.2, 0.25) is 0 Å². The number of carbonyl (C=O) groups is 2. The van der Waals surface area contributed by atoms with Crippen LogP contribution in [0.15, 0.2) is 89.8 Å². The summed E-state index contributed by atoms with van der Waals surface area (Å²) < 4.78 is 68.7. The lowest BCUT2D eigenvalue weighted by molar-refractivity contribution is -0.140. The van der Waals surface area contributed by atoms with E-state index in [2.05, 4.69) is 5.32 Å². The summed E-state index contributed by atoms with van der Waals surface area (Å²) in [7, 11) is -4.47. The summed E-state index contributed by atoms with van der Waals surface area (Å²) in [6, 6.07) is 18.6. The van der Waals surface area contributed by atoms with Crippen molar-refractivity contribution < 1.29 is 31.2 Å². The topological polar surface area (TPSA) is 86.8 Å². The van der Waals surface area contributed by atoms with Crippen molar-refractivity contribution in [3.63, 3.8) is 0 Å². The molecule has 0 aliphatic rings. The molecule has 0 saturated carbocycles. The van der Waals surface area contributed by atoms with Crippen LogP contribution in [-0.4, -0.2) is 43.8 Å². The van der Waals surface area contributed by atoms with Gasteiger partial charge in [-0.25, -0.2) is 8.42 Å². The number of hydrogen-bond acceptors (Lipinski definition) is 4.